The normalized spacial score (nSPS) is 14.7. The molecular formula is C21H30N2. The van der Waals surface area contributed by atoms with Crippen LogP contribution in [0.3, 0.4) is 0 Å². The standard InChI is InChI=1S/C21H30N2/c1-14(2)12-22-13-19-17-7-5-6-8-20(17)23-21-10-9-16(15(3)4)11-18(19)21/h9-11,14-15,22H,5-8,12-13H2,1-4H3. The van der Waals surface area contributed by atoms with E-state index in [-0.39, 0.29) is 0 Å². The van der Waals surface area contributed by atoms with Gasteiger partial charge in [0.05, 0.1) is 5.52 Å². The minimum Gasteiger partial charge on any atom is -0.312 e. The summed E-state index contributed by atoms with van der Waals surface area (Å²) in [5, 5.41) is 5.03. The van der Waals surface area contributed by atoms with E-state index in [0.717, 1.165) is 19.5 Å². The SMILES string of the molecule is CC(C)CNCc1c2c(nc3ccc(C(C)C)cc13)CCCC2. The van der Waals surface area contributed by atoms with Gasteiger partial charge in [0.1, 0.15) is 0 Å². The maximum atomic E-state index is 4.99. The molecule has 1 heterocycles. The predicted octanol–water partition coefficient (Wildman–Crippen LogP) is 4.98. The molecule has 0 atom stereocenters. The third-order valence-electron chi connectivity index (χ3n) is 4.93. The summed E-state index contributed by atoms with van der Waals surface area (Å²) in [6, 6.07) is 6.86. The van der Waals surface area contributed by atoms with E-state index in [1.807, 2.05) is 0 Å². The van der Waals surface area contributed by atoms with E-state index in [4.69, 9.17) is 4.98 Å². The Kier molecular flexibility index (Phi) is 5.01. The molecule has 0 saturated heterocycles. The van der Waals surface area contributed by atoms with Crippen molar-refractivity contribution in [1.82, 2.24) is 10.3 Å². The van der Waals surface area contributed by atoms with E-state index in [0.29, 0.717) is 11.8 Å². The lowest BCUT2D eigenvalue weighted by molar-refractivity contribution is 0.549. The zero-order valence-corrected chi connectivity index (χ0v) is 15.1. The highest BCUT2D eigenvalue weighted by atomic mass is 14.9. The van der Waals surface area contributed by atoms with E-state index in [2.05, 4.69) is 51.2 Å². The Morgan fingerprint density at radius 2 is 1.87 bits per heavy atom. The first-order valence-corrected chi connectivity index (χ1v) is 9.21. The Morgan fingerprint density at radius 1 is 1.09 bits per heavy atom. The summed E-state index contributed by atoms with van der Waals surface area (Å²) in [6.45, 7) is 11.1. The smallest absolute Gasteiger partial charge is 0.0708 e. The highest BCUT2D eigenvalue weighted by molar-refractivity contribution is 5.84. The topological polar surface area (TPSA) is 24.9 Å². The van der Waals surface area contributed by atoms with Crippen molar-refractivity contribution in [2.24, 2.45) is 5.92 Å². The molecule has 0 bridgehead atoms. The Bertz CT molecular complexity index is 686. The van der Waals surface area contributed by atoms with Crippen molar-refractivity contribution in [3.63, 3.8) is 0 Å². The molecule has 124 valence electrons. The molecule has 1 aromatic carbocycles. The van der Waals surface area contributed by atoms with E-state index < -0.39 is 0 Å². The molecule has 2 aromatic rings. The average Bonchev–Trinajstić information content (AvgIpc) is 2.53. The number of fused-ring (bicyclic) bond motifs is 2. The van der Waals surface area contributed by atoms with Crippen molar-refractivity contribution >= 4 is 10.9 Å². The van der Waals surface area contributed by atoms with E-state index in [1.165, 1.54) is 52.5 Å². The lowest BCUT2D eigenvalue weighted by Gasteiger charge is -2.22. The van der Waals surface area contributed by atoms with Crippen LogP contribution in [0.15, 0.2) is 18.2 Å². The fourth-order valence-electron chi connectivity index (χ4n) is 3.59. The Hall–Kier alpha value is -1.41. The number of aryl methyl sites for hydroxylation is 1. The van der Waals surface area contributed by atoms with Crippen molar-refractivity contribution in [3.05, 3.63) is 40.6 Å². The number of benzene rings is 1. The summed E-state index contributed by atoms with van der Waals surface area (Å²) < 4.78 is 0. The van der Waals surface area contributed by atoms with Gasteiger partial charge in [-0.2, -0.15) is 0 Å². The van der Waals surface area contributed by atoms with Crippen LogP contribution in [0.25, 0.3) is 10.9 Å². The van der Waals surface area contributed by atoms with Crippen LogP contribution in [0.2, 0.25) is 0 Å². The minimum absolute atomic E-state index is 0.562. The first-order chi connectivity index (χ1) is 11.1. The van der Waals surface area contributed by atoms with Crippen molar-refractivity contribution in [3.8, 4) is 0 Å². The third kappa shape index (κ3) is 3.58. The molecule has 0 amide bonds. The summed E-state index contributed by atoms with van der Waals surface area (Å²) >= 11 is 0. The number of nitrogens with zero attached hydrogens (tertiary/aromatic N) is 1. The molecule has 0 aliphatic heterocycles. The van der Waals surface area contributed by atoms with Gasteiger partial charge in [0, 0.05) is 17.6 Å². The fraction of sp³-hybridized carbons (Fsp3) is 0.571. The van der Waals surface area contributed by atoms with Gasteiger partial charge in [0.15, 0.2) is 0 Å². The van der Waals surface area contributed by atoms with Crippen LogP contribution >= 0.6 is 0 Å². The largest absolute Gasteiger partial charge is 0.312 e. The van der Waals surface area contributed by atoms with Crippen LogP contribution in [0.4, 0.5) is 0 Å². The molecule has 1 aliphatic rings. The number of nitrogens with one attached hydrogen (secondary N) is 1. The maximum Gasteiger partial charge on any atom is 0.0708 e. The molecule has 1 aromatic heterocycles. The molecule has 0 fully saturated rings. The third-order valence-corrected chi connectivity index (χ3v) is 4.93. The molecule has 0 unspecified atom stereocenters. The second-order valence-electron chi connectivity index (χ2n) is 7.68. The van der Waals surface area contributed by atoms with Crippen LogP contribution in [0, 0.1) is 5.92 Å². The highest BCUT2D eigenvalue weighted by Gasteiger charge is 2.18. The first kappa shape index (κ1) is 16.4. The van der Waals surface area contributed by atoms with Crippen molar-refractivity contribution < 1.29 is 0 Å². The van der Waals surface area contributed by atoms with Crippen LogP contribution in [0.1, 0.15) is 68.8 Å². The Labute approximate surface area is 140 Å². The quantitative estimate of drug-likeness (QED) is 0.842. The summed E-state index contributed by atoms with van der Waals surface area (Å²) in [6.07, 6.45) is 4.94. The van der Waals surface area contributed by atoms with E-state index in [1.54, 1.807) is 0 Å². The second kappa shape index (κ2) is 7.00. The lowest BCUT2D eigenvalue weighted by Crippen LogP contribution is -2.21. The summed E-state index contributed by atoms with van der Waals surface area (Å²) in [4.78, 5) is 4.99. The van der Waals surface area contributed by atoms with Gasteiger partial charge in [-0.3, -0.25) is 4.98 Å². The summed E-state index contributed by atoms with van der Waals surface area (Å²) in [7, 11) is 0. The van der Waals surface area contributed by atoms with Gasteiger partial charge in [-0.1, -0.05) is 33.8 Å². The Morgan fingerprint density at radius 3 is 2.61 bits per heavy atom. The van der Waals surface area contributed by atoms with Crippen LogP contribution in [-0.4, -0.2) is 11.5 Å². The van der Waals surface area contributed by atoms with Crippen LogP contribution in [0.5, 0.6) is 0 Å². The first-order valence-electron chi connectivity index (χ1n) is 9.21. The molecule has 0 spiro atoms. The molecule has 0 saturated carbocycles. The van der Waals surface area contributed by atoms with Gasteiger partial charge in [-0.05, 0) is 72.9 Å². The highest BCUT2D eigenvalue weighted by Crippen LogP contribution is 2.31. The number of hydrogen-bond acceptors (Lipinski definition) is 2. The number of pyridine rings is 1. The molecule has 0 radical (unpaired) electrons. The molecular weight excluding hydrogens is 280 g/mol. The molecule has 2 heteroatoms. The fourth-order valence-corrected chi connectivity index (χ4v) is 3.59. The predicted molar refractivity (Wildman–Crippen MR) is 99.0 cm³/mol. The van der Waals surface area contributed by atoms with E-state index in [9.17, 15) is 0 Å². The molecule has 1 N–H and O–H groups in total. The van der Waals surface area contributed by atoms with Crippen LogP contribution in [-0.2, 0) is 19.4 Å². The Balaban J connectivity index is 2.07. The second-order valence-corrected chi connectivity index (χ2v) is 7.68. The number of aromatic nitrogens is 1. The van der Waals surface area contributed by atoms with Gasteiger partial charge in [-0.25, -0.2) is 0 Å². The van der Waals surface area contributed by atoms with Gasteiger partial charge < -0.3 is 5.32 Å². The lowest BCUT2D eigenvalue weighted by atomic mass is 9.88. The van der Waals surface area contributed by atoms with Gasteiger partial charge in [0.2, 0.25) is 0 Å². The average molecular weight is 310 g/mol. The molecule has 23 heavy (non-hydrogen) atoms. The minimum atomic E-state index is 0.562. The number of rotatable bonds is 5. The summed E-state index contributed by atoms with van der Waals surface area (Å²) in [5.41, 5.74) is 6.98. The van der Waals surface area contributed by atoms with Crippen molar-refractivity contribution in [2.45, 2.75) is 65.8 Å². The summed E-state index contributed by atoms with van der Waals surface area (Å²) in [5.74, 6) is 1.25. The van der Waals surface area contributed by atoms with E-state index >= 15 is 0 Å². The van der Waals surface area contributed by atoms with Crippen molar-refractivity contribution in [2.75, 3.05) is 6.54 Å². The van der Waals surface area contributed by atoms with Gasteiger partial charge >= 0.3 is 0 Å². The van der Waals surface area contributed by atoms with Gasteiger partial charge in [0.25, 0.3) is 0 Å². The van der Waals surface area contributed by atoms with Crippen molar-refractivity contribution in [1.29, 1.82) is 0 Å². The zero-order valence-electron chi connectivity index (χ0n) is 15.1. The molecule has 2 nitrogen and oxygen atoms in total. The van der Waals surface area contributed by atoms with Crippen LogP contribution < -0.4 is 5.32 Å². The van der Waals surface area contributed by atoms with Gasteiger partial charge in [-0.15, -0.1) is 0 Å². The molecule has 1 aliphatic carbocycles. The maximum absolute atomic E-state index is 4.99. The number of hydrogen-bond donors (Lipinski definition) is 1. The zero-order chi connectivity index (χ0) is 16.4. The monoisotopic (exact) mass is 310 g/mol. The molecule has 3 rings (SSSR count).